The molecule has 0 N–H and O–H groups in total. The molecule has 2 aliphatic rings. The molecule has 0 bridgehead atoms. The monoisotopic (exact) mass is 381 g/mol. The second-order valence-corrected chi connectivity index (χ2v) is 8.63. The lowest BCUT2D eigenvalue weighted by atomic mass is 9.98. The van der Waals surface area contributed by atoms with Crippen LogP contribution in [0.15, 0.2) is 27.5 Å². The Bertz CT molecular complexity index is 902. The number of hydrogen-bond donors (Lipinski definition) is 0. The van der Waals surface area contributed by atoms with Crippen LogP contribution < -0.4 is 4.74 Å². The third-order valence-electron chi connectivity index (χ3n) is 4.93. The van der Waals surface area contributed by atoms with Gasteiger partial charge in [-0.25, -0.2) is 12.8 Å². The van der Waals surface area contributed by atoms with Gasteiger partial charge in [0.25, 0.3) is 0 Å². The summed E-state index contributed by atoms with van der Waals surface area (Å²) in [6.07, 6.45) is 3.36. The van der Waals surface area contributed by atoms with Gasteiger partial charge in [0.1, 0.15) is 16.5 Å². The fourth-order valence-electron chi connectivity index (χ4n) is 3.24. The number of halogens is 1. The van der Waals surface area contributed by atoms with Crippen LogP contribution in [0.3, 0.4) is 0 Å². The fourth-order valence-corrected chi connectivity index (χ4v) is 4.88. The van der Waals surface area contributed by atoms with E-state index in [0.29, 0.717) is 43.6 Å². The quantitative estimate of drug-likeness (QED) is 0.792. The molecule has 0 amide bonds. The average molecular weight is 381 g/mol. The number of sulfonamides is 1. The summed E-state index contributed by atoms with van der Waals surface area (Å²) in [5.41, 5.74) is 0. The van der Waals surface area contributed by atoms with Gasteiger partial charge in [0.15, 0.2) is 0 Å². The maximum Gasteiger partial charge on any atom is 0.246 e. The van der Waals surface area contributed by atoms with E-state index in [9.17, 15) is 12.8 Å². The van der Waals surface area contributed by atoms with Gasteiger partial charge in [-0.05, 0) is 43.9 Å². The summed E-state index contributed by atoms with van der Waals surface area (Å²) in [4.78, 5) is -0.146. The van der Waals surface area contributed by atoms with Gasteiger partial charge in [-0.2, -0.15) is 4.31 Å². The third kappa shape index (κ3) is 3.21. The van der Waals surface area contributed by atoms with Crippen molar-refractivity contribution in [2.75, 3.05) is 20.2 Å². The normalized spacial score (nSPS) is 19.6. The number of piperidine rings is 1. The van der Waals surface area contributed by atoms with Crippen molar-refractivity contribution in [1.29, 1.82) is 0 Å². The van der Waals surface area contributed by atoms with Gasteiger partial charge in [0.05, 0.1) is 7.11 Å². The summed E-state index contributed by atoms with van der Waals surface area (Å²) in [5, 5.41) is 8.23. The highest BCUT2D eigenvalue weighted by atomic mass is 32.2. The van der Waals surface area contributed by atoms with Crippen LogP contribution in [0.2, 0.25) is 0 Å². The first kappa shape index (κ1) is 17.4. The van der Waals surface area contributed by atoms with E-state index in [-0.39, 0.29) is 16.6 Å². The van der Waals surface area contributed by atoms with E-state index >= 15 is 0 Å². The molecular weight excluding hydrogens is 361 g/mol. The Kier molecular flexibility index (Phi) is 4.44. The standard InChI is InChI=1S/C17H20FN3O4S/c1-24-14-5-4-13(18)10-15(14)26(22,23)21-8-6-12(7-9-21)17-20-19-16(25-17)11-2-3-11/h4-5,10-12H,2-3,6-9H2,1H3. The van der Waals surface area contributed by atoms with Crippen LogP contribution in [-0.4, -0.2) is 43.1 Å². The van der Waals surface area contributed by atoms with Crippen molar-refractivity contribution in [3.8, 4) is 5.75 Å². The minimum atomic E-state index is -3.83. The Morgan fingerprint density at radius 3 is 2.31 bits per heavy atom. The topological polar surface area (TPSA) is 85.5 Å². The van der Waals surface area contributed by atoms with Crippen molar-refractivity contribution >= 4 is 10.0 Å². The lowest BCUT2D eigenvalue weighted by Crippen LogP contribution is -2.38. The first-order valence-electron chi connectivity index (χ1n) is 8.66. The van der Waals surface area contributed by atoms with Gasteiger partial charge < -0.3 is 9.15 Å². The van der Waals surface area contributed by atoms with Crippen molar-refractivity contribution in [3.63, 3.8) is 0 Å². The Hall–Kier alpha value is -2.00. The van der Waals surface area contributed by atoms with E-state index in [1.807, 2.05) is 0 Å². The summed E-state index contributed by atoms with van der Waals surface area (Å²) in [6, 6.07) is 3.50. The van der Waals surface area contributed by atoms with E-state index < -0.39 is 15.8 Å². The lowest BCUT2D eigenvalue weighted by Gasteiger charge is -2.30. The smallest absolute Gasteiger partial charge is 0.246 e. The van der Waals surface area contributed by atoms with Crippen LogP contribution in [0.1, 0.15) is 49.3 Å². The molecule has 0 atom stereocenters. The number of rotatable bonds is 5. The molecule has 26 heavy (non-hydrogen) atoms. The van der Waals surface area contributed by atoms with Crippen LogP contribution in [0.4, 0.5) is 4.39 Å². The molecule has 140 valence electrons. The summed E-state index contributed by atoms with van der Waals surface area (Å²) < 4.78 is 51.6. The van der Waals surface area contributed by atoms with Gasteiger partial charge in [-0.3, -0.25) is 0 Å². The summed E-state index contributed by atoms with van der Waals surface area (Å²) >= 11 is 0. The van der Waals surface area contributed by atoms with Gasteiger partial charge in [0, 0.05) is 24.9 Å². The SMILES string of the molecule is COc1ccc(F)cc1S(=O)(=O)N1CCC(c2nnc(C3CC3)o2)CC1. The molecule has 0 unspecified atom stereocenters. The zero-order valence-electron chi connectivity index (χ0n) is 14.4. The number of hydrogen-bond acceptors (Lipinski definition) is 6. The van der Waals surface area contributed by atoms with Crippen LogP contribution in [0, 0.1) is 5.82 Å². The predicted molar refractivity (Wildman–Crippen MR) is 90.0 cm³/mol. The van der Waals surface area contributed by atoms with Crippen LogP contribution in [0.25, 0.3) is 0 Å². The van der Waals surface area contributed by atoms with Gasteiger partial charge >= 0.3 is 0 Å². The molecule has 2 aromatic rings. The molecule has 2 fully saturated rings. The molecule has 1 aromatic carbocycles. The zero-order chi connectivity index (χ0) is 18.3. The van der Waals surface area contributed by atoms with E-state index in [2.05, 4.69) is 10.2 Å². The van der Waals surface area contributed by atoms with Crippen LogP contribution in [0.5, 0.6) is 5.75 Å². The Labute approximate surface area is 151 Å². The molecule has 9 heteroatoms. The molecule has 2 heterocycles. The minimum absolute atomic E-state index is 0.0517. The predicted octanol–water partition coefficient (Wildman–Crippen LogP) is 2.66. The van der Waals surface area contributed by atoms with E-state index in [0.717, 1.165) is 18.9 Å². The van der Waals surface area contributed by atoms with Crippen LogP contribution in [-0.2, 0) is 10.0 Å². The van der Waals surface area contributed by atoms with Gasteiger partial charge in [-0.1, -0.05) is 0 Å². The first-order chi connectivity index (χ1) is 12.5. The van der Waals surface area contributed by atoms with E-state index in [1.165, 1.54) is 23.5 Å². The van der Waals surface area contributed by atoms with Crippen LogP contribution >= 0.6 is 0 Å². The Morgan fingerprint density at radius 1 is 1.12 bits per heavy atom. The summed E-state index contributed by atoms with van der Waals surface area (Å²) in [5.74, 6) is 1.26. The molecule has 0 radical (unpaired) electrons. The largest absolute Gasteiger partial charge is 0.495 e. The molecule has 1 aliphatic carbocycles. The molecule has 1 saturated carbocycles. The third-order valence-corrected chi connectivity index (χ3v) is 6.85. The Balaban J connectivity index is 1.49. The minimum Gasteiger partial charge on any atom is -0.495 e. The number of aromatic nitrogens is 2. The lowest BCUT2D eigenvalue weighted by molar-refractivity contribution is 0.285. The summed E-state index contributed by atoms with van der Waals surface area (Å²) in [6.45, 7) is 0.627. The van der Waals surface area contributed by atoms with Crippen molar-refractivity contribution in [3.05, 3.63) is 35.8 Å². The number of benzene rings is 1. The molecule has 1 aromatic heterocycles. The molecular formula is C17H20FN3O4S. The molecule has 0 spiro atoms. The number of methoxy groups -OCH3 is 1. The highest BCUT2D eigenvalue weighted by Crippen LogP contribution is 2.40. The summed E-state index contributed by atoms with van der Waals surface area (Å²) in [7, 11) is -2.46. The van der Waals surface area contributed by atoms with Gasteiger partial charge in [-0.15, -0.1) is 10.2 Å². The first-order valence-corrected chi connectivity index (χ1v) is 10.1. The second-order valence-electron chi connectivity index (χ2n) is 6.73. The second kappa shape index (κ2) is 6.62. The fraction of sp³-hybridized carbons (Fsp3) is 0.529. The molecule has 4 rings (SSSR count). The molecule has 1 saturated heterocycles. The Morgan fingerprint density at radius 2 is 1.73 bits per heavy atom. The van der Waals surface area contributed by atoms with Crippen molar-refractivity contribution in [1.82, 2.24) is 14.5 Å². The van der Waals surface area contributed by atoms with E-state index in [1.54, 1.807) is 0 Å². The maximum atomic E-state index is 13.6. The number of ether oxygens (including phenoxy) is 1. The molecule has 1 aliphatic heterocycles. The molecule has 7 nitrogen and oxygen atoms in total. The van der Waals surface area contributed by atoms with Crippen molar-refractivity contribution < 1.29 is 22.0 Å². The highest BCUT2D eigenvalue weighted by Gasteiger charge is 2.35. The zero-order valence-corrected chi connectivity index (χ0v) is 15.2. The van der Waals surface area contributed by atoms with Crippen molar-refractivity contribution in [2.45, 2.75) is 42.4 Å². The average Bonchev–Trinajstić information content (AvgIpc) is 3.39. The van der Waals surface area contributed by atoms with Gasteiger partial charge in [0.2, 0.25) is 21.8 Å². The number of nitrogens with zero attached hydrogens (tertiary/aromatic N) is 3. The van der Waals surface area contributed by atoms with Crippen molar-refractivity contribution in [2.24, 2.45) is 0 Å². The van der Waals surface area contributed by atoms with E-state index in [4.69, 9.17) is 9.15 Å². The highest BCUT2D eigenvalue weighted by molar-refractivity contribution is 7.89. The maximum absolute atomic E-state index is 13.6.